The van der Waals surface area contributed by atoms with E-state index in [4.69, 9.17) is 4.12 Å². The summed E-state index contributed by atoms with van der Waals surface area (Å²) in [7, 11) is 3.47. The van der Waals surface area contributed by atoms with Crippen LogP contribution in [0.5, 0.6) is 0 Å². The standard InChI is InChI=1S/B3H10N3OSi2/c8-7-9-6-2-4-1-5-3-6/h1-5H,9H2,8H3. The lowest BCUT2D eigenvalue weighted by molar-refractivity contribution is 0.626. The second-order valence-corrected chi connectivity index (χ2v) is 5.54. The van der Waals surface area contributed by atoms with E-state index >= 15 is 0 Å². The molecule has 2 N–H and O–H groups in total. The summed E-state index contributed by atoms with van der Waals surface area (Å²) in [6.45, 7) is 0. The highest BCUT2D eigenvalue weighted by atomic mass is 28.3. The van der Waals surface area contributed by atoms with Crippen molar-refractivity contribution in [2.75, 3.05) is 0 Å². The smallest absolute Gasteiger partial charge is 0.265 e. The zero-order valence-corrected chi connectivity index (χ0v) is 9.10. The molecule has 0 unspecified atom stereocenters. The van der Waals surface area contributed by atoms with Crippen LogP contribution in [-0.2, 0) is 4.12 Å². The largest absolute Gasteiger partial charge is 0.458 e. The predicted molar refractivity (Wildman–Crippen MR) is 49.1 cm³/mol. The van der Waals surface area contributed by atoms with Crippen LogP contribution in [0.15, 0.2) is 0 Å². The summed E-state index contributed by atoms with van der Waals surface area (Å²) in [5.74, 6) is 0. The Labute approximate surface area is 62.5 Å². The van der Waals surface area contributed by atoms with Crippen LogP contribution in [0.25, 0.3) is 0 Å². The van der Waals surface area contributed by atoms with E-state index in [0.717, 1.165) is 33.1 Å². The fourth-order valence-electron chi connectivity index (χ4n) is 0.846. The lowest BCUT2D eigenvalue weighted by Crippen LogP contribution is -2.59. The summed E-state index contributed by atoms with van der Waals surface area (Å²) in [5, 5.41) is 6.41. The SMILES string of the molecule is [SiH3]O[SiH2]N1BNBNB1. The minimum absolute atomic E-state index is 0.354. The van der Waals surface area contributed by atoms with E-state index in [-0.39, 0.29) is 9.92 Å². The zero-order valence-electron chi connectivity index (χ0n) is 5.68. The lowest BCUT2D eigenvalue weighted by Gasteiger charge is -2.24. The van der Waals surface area contributed by atoms with Gasteiger partial charge in [-0.1, -0.05) is 0 Å². The van der Waals surface area contributed by atoms with Gasteiger partial charge >= 0.3 is 0 Å². The molecule has 9 heavy (non-hydrogen) atoms. The van der Waals surface area contributed by atoms with E-state index in [1.54, 1.807) is 0 Å². The molecule has 0 amide bonds. The predicted octanol–water partition coefficient (Wildman–Crippen LogP) is -5.42. The fraction of sp³-hybridized carbons (Fsp3) is 0. The van der Waals surface area contributed by atoms with Crippen LogP contribution >= 0.6 is 0 Å². The highest BCUT2D eigenvalue weighted by molar-refractivity contribution is 6.73. The molecular formula is H10B3N3OSi2. The van der Waals surface area contributed by atoms with E-state index in [9.17, 15) is 0 Å². The summed E-state index contributed by atoms with van der Waals surface area (Å²) < 4.78 is 7.51. The molecule has 1 aliphatic rings. The van der Waals surface area contributed by atoms with Gasteiger partial charge in [0.05, 0.1) is 0 Å². The second-order valence-electron chi connectivity index (χ2n) is 2.08. The highest BCUT2D eigenvalue weighted by Gasteiger charge is 2.11. The molecule has 4 nitrogen and oxygen atoms in total. The van der Waals surface area contributed by atoms with Gasteiger partial charge in [0.2, 0.25) is 9.92 Å². The number of rotatable bonds is 2. The third-order valence-corrected chi connectivity index (χ3v) is 3.08. The van der Waals surface area contributed by atoms with Gasteiger partial charge in [0.15, 0.2) is 0 Å². The van der Waals surface area contributed by atoms with Crippen molar-refractivity contribution in [3.05, 3.63) is 0 Å². The van der Waals surface area contributed by atoms with Gasteiger partial charge in [-0.25, -0.2) is 0 Å². The van der Waals surface area contributed by atoms with Crippen LogP contribution in [0, 0.1) is 0 Å². The Morgan fingerprint density at radius 2 is 2.11 bits per heavy atom. The molecule has 0 spiro atoms. The van der Waals surface area contributed by atoms with Crippen LogP contribution < -0.4 is 10.3 Å². The van der Waals surface area contributed by atoms with Gasteiger partial charge in [0, 0.05) is 0 Å². The van der Waals surface area contributed by atoms with E-state index in [2.05, 4.69) is 14.7 Å². The van der Waals surface area contributed by atoms with Crippen LogP contribution in [0.2, 0.25) is 0 Å². The van der Waals surface area contributed by atoms with Gasteiger partial charge in [-0.05, 0) is 0 Å². The molecule has 0 aromatic heterocycles. The number of nitrogens with one attached hydrogen (secondary N) is 2. The molecule has 1 aliphatic heterocycles. The molecule has 48 valence electrons. The van der Waals surface area contributed by atoms with Crippen molar-refractivity contribution in [3.63, 3.8) is 0 Å². The van der Waals surface area contributed by atoms with Crippen molar-refractivity contribution in [2.45, 2.75) is 0 Å². The van der Waals surface area contributed by atoms with E-state index in [0.29, 0.717) is 0 Å². The zero-order chi connectivity index (χ0) is 6.53. The van der Waals surface area contributed by atoms with Crippen LogP contribution in [0.4, 0.5) is 0 Å². The fourth-order valence-corrected chi connectivity index (χ4v) is 2.81. The summed E-state index contributed by atoms with van der Waals surface area (Å²) >= 11 is 0. The maximum atomic E-state index is 5.20. The molecule has 0 aromatic carbocycles. The average Bonchev–Trinajstić information content (AvgIpc) is 1.91. The molecule has 9 heteroatoms. The third-order valence-electron chi connectivity index (χ3n) is 1.23. The van der Waals surface area contributed by atoms with Gasteiger partial charge in [-0.2, -0.15) is 0 Å². The number of nitrogens with zero attached hydrogens (tertiary/aromatic N) is 1. The Balaban J connectivity index is 2.08. The minimum Gasteiger partial charge on any atom is -0.458 e. The third kappa shape index (κ3) is 2.69. The first-order chi connectivity index (χ1) is 4.43. The maximum Gasteiger partial charge on any atom is 0.265 e. The lowest BCUT2D eigenvalue weighted by atomic mass is 9.85. The number of hydrogen-bond donors (Lipinski definition) is 2. The quantitative estimate of drug-likeness (QED) is 0.392. The first-order valence-electron chi connectivity index (χ1n) is 3.06. The Morgan fingerprint density at radius 3 is 2.67 bits per heavy atom. The molecule has 0 aliphatic carbocycles. The van der Waals surface area contributed by atoms with Gasteiger partial charge in [-0.3, -0.25) is 0 Å². The Bertz CT molecular complexity index is 74.7. The maximum absolute atomic E-state index is 5.20. The molecule has 1 heterocycles. The van der Waals surface area contributed by atoms with Gasteiger partial charge in [0.1, 0.15) is 10.5 Å². The van der Waals surface area contributed by atoms with Gasteiger partial charge in [-0.15, -0.1) is 0 Å². The first-order valence-corrected chi connectivity index (χ1v) is 5.09. The van der Waals surface area contributed by atoms with Gasteiger partial charge < -0.3 is 18.8 Å². The topological polar surface area (TPSA) is 36.5 Å². The number of hydrogen-bond acceptors (Lipinski definition) is 4. The Morgan fingerprint density at radius 1 is 1.44 bits per heavy atom. The molecule has 1 rings (SSSR count). The molecule has 0 aromatic rings. The van der Waals surface area contributed by atoms with Gasteiger partial charge in [0.25, 0.3) is 22.6 Å². The molecule has 1 fully saturated rings. The minimum atomic E-state index is -0.354. The van der Waals surface area contributed by atoms with Crippen molar-refractivity contribution in [1.29, 1.82) is 0 Å². The van der Waals surface area contributed by atoms with E-state index in [1.165, 1.54) is 0 Å². The van der Waals surface area contributed by atoms with Crippen molar-refractivity contribution in [3.8, 4) is 0 Å². The summed E-state index contributed by atoms with van der Waals surface area (Å²) in [5.41, 5.74) is 0. The molecule has 0 bridgehead atoms. The van der Waals surface area contributed by atoms with Crippen molar-refractivity contribution >= 4 is 43.1 Å². The van der Waals surface area contributed by atoms with Crippen LogP contribution in [0.3, 0.4) is 0 Å². The molecule has 0 radical (unpaired) electrons. The first kappa shape index (κ1) is 7.57. The molecule has 0 saturated carbocycles. The Kier molecular flexibility index (Phi) is 3.63. The summed E-state index contributed by atoms with van der Waals surface area (Å²) in [6, 6.07) is 0. The second kappa shape index (κ2) is 4.31. The monoisotopic (exact) mass is 157 g/mol. The molecule has 0 atom stereocenters. The van der Waals surface area contributed by atoms with Crippen molar-refractivity contribution in [1.82, 2.24) is 14.7 Å². The summed E-state index contributed by atoms with van der Waals surface area (Å²) in [4.78, 5) is 0. The van der Waals surface area contributed by atoms with E-state index < -0.39 is 0 Å². The highest BCUT2D eigenvalue weighted by Crippen LogP contribution is 1.76. The molecular weight excluding hydrogens is 147 g/mol. The normalized spacial score (nSPS) is 21.3. The average molecular weight is 157 g/mol. The van der Waals surface area contributed by atoms with Crippen LogP contribution in [-0.4, -0.2) is 47.4 Å². The van der Waals surface area contributed by atoms with Crippen molar-refractivity contribution < 1.29 is 4.12 Å². The Hall–Kier alpha value is 0.469. The van der Waals surface area contributed by atoms with E-state index in [1.807, 2.05) is 0 Å². The van der Waals surface area contributed by atoms with Crippen molar-refractivity contribution in [2.24, 2.45) is 0 Å². The summed E-state index contributed by atoms with van der Waals surface area (Å²) in [6.07, 6.45) is 0. The molecule has 1 saturated heterocycles. The van der Waals surface area contributed by atoms with Crippen LogP contribution in [0.1, 0.15) is 0 Å².